The largest absolute Gasteiger partial charge is 0.383 e. The summed E-state index contributed by atoms with van der Waals surface area (Å²) in [5.74, 6) is -0.990. The van der Waals surface area contributed by atoms with Crippen LogP contribution < -0.4 is 11.1 Å². The molecule has 3 N–H and O–H groups in total. The number of carbonyl (C=O) groups excluding carboxylic acids is 1. The summed E-state index contributed by atoms with van der Waals surface area (Å²) in [5, 5.41) is 2.71. The van der Waals surface area contributed by atoms with Crippen molar-refractivity contribution in [2.24, 2.45) is 0 Å². The fourth-order valence-corrected chi connectivity index (χ4v) is 1.99. The minimum atomic E-state index is -0.584. The van der Waals surface area contributed by atoms with Crippen LogP contribution in [0.25, 0.3) is 0 Å². The smallest absolute Gasteiger partial charge is 0.255 e. The number of nitrogens with zero attached hydrogens (tertiary/aromatic N) is 1. The van der Waals surface area contributed by atoms with E-state index in [-0.39, 0.29) is 17.0 Å². The number of aromatic nitrogens is 1. The Morgan fingerprint density at radius 2 is 2.39 bits per heavy atom. The molecule has 98 valence electrons. The summed E-state index contributed by atoms with van der Waals surface area (Å²) in [6.45, 7) is 0.401. The topological polar surface area (TPSA) is 77.2 Å². The molecule has 1 aromatic heterocycles. The number of rotatable bonds is 4. The summed E-state index contributed by atoms with van der Waals surface area (Å²) in [6.07, 6.45) is 3.91. The van der Waals surface area contributed by atoms with Gasteiger partial charge in [-0.3, -0.25) is 4.79 Å². The van der Waals surface area contributed by atoms with Crippen LogP contribution >= 0.6 is 0 Å². The number of pyridine rings is 1. The van der Waals surface area contributed by atoms with E-state index in [0.717, 1.165) is 31.5 Å². The number of halogens is 1. The van der Waals surface area contributed by atoms with E-state index in [1.54, 1.807) is 7.11 Å². The van der Waals surface area contributed by atoms with Gasteiger partial charge in [0, 0.05) is 13.7 Å². The monoisotopic (exact) mass is 253 g/mol. The van der Waals surface area contributed by atoms with Gasteiger partial charge in [0.1, 0.15) is 11.6 Å². The van der Waals surface area contributed by atoms with E-state index in [1.807, 2.05) is 0 Å². The number of nitrogen functional groups attached to an aromatic ring is 1. The van der Waals surface area contributed by atoms with Crippen molar-refractivity contribution in [1.82, 2.24) is 10.3 Å². The van der Waals surface area contributed by atoms with Crippen LogP contribution in [-0.2, 0) is 4.74 Å². The van der Waals surface area contributed by atoms with Gasteiger partial charge >= 0.3 is 0 Å². The number of ether oxygens (including phenoxy) is 1. The lowest BCUT2D eigenvalue weighted by Crippen LogP contribution is -2.49. The number of nitrogens with one attached hydrogen (secondary N) is 1. The maximum Gasteiger partial charge on any atom is 0.255 e. The van der Waals surface area contributed by atoms with Gasteiger partial charge in [0.15, 0.2) is 0 Å². The van der Waals surface area contributed by atoms with Gasteiger partial charge in [-0.25, -0.2) is 9.37 Å². The second kappa shape index (κ2) is 4.89. The van der Waals surface area contributed by atoms with Crippen molar-refractivity contribution in [2.75, 3.05) is 19.4 Å². The molecule has 2 rings (SSSR count). The Morgan fingerprint density at radius 1 is 1.67 bits per heavy atom. The highest BCUT2D eigenvalue weighted by Gasteiger charge is 2.37. The molecule has 5 nitrogen and oxygen atoms in total. The number of methoxy groups -OCH3 is 1. The van der Waals surface area contributed by atoms with Crippen LogP contribution in [0.15, 0.2) is 12.3 Å². The first-order chi connectivity index (χ1) is 8.56. The predicted molar refractivity (Wildman–Crippen MR) is 64.5 cm³/mol. The molecule has 0 aliphatic heterocycles. The minimum absolute atomic E-state index is 0.0222. The molecule has 1 aliphatic carbocycles. The average Bonchev–Trinajstić information content (AvgIpc) is 2.31. The molecule has 1 saturated carbocycles. The van der Waals surface area contributed by atoms with Crippen LogP contribution in [0, 0.1) is 5.82 Å². The van der Waals surface area contributed by atoms with Crippen molar-refractivity contribution < 1.29 is 13.9 Å². The molecular formula is C12H16FN3O2. The number of carbonyl (C=O) groups is 1. The maximum atomic E-state index is 13.0. The average molecular weight is 253 g/mol. The van der Waals surface area contributed by atoms with Crippen LogP contribution in [0.1, 0.15) is 29.6 Å². The Hall–Kier alpha value is -1.69. The van der Waals surface area contributed by atoms with E-state index >= 15 is 0 Å². The number of hydrogen-bond acceptors (Lipinski definition) is 4. The van der Waals surface area contributed by atoms with E-state index in [0.29, 0.717) is 6.54 Å². The van der Waals surface area contributed by atoms with Crippen molar-refractivity contribution in [1.29, 1.82) is 0 Å². The molecule has 1 amide bonds. The fourth-order valence-electron chi connectivity index (χ4n) is 1.99. The molecule has 1 fully saturated rings. The highest BCUT2D eigenvalue weighted by molar-refractivity contribution is 5.98. The standard InChI is InChI=1S/C12H16FN3O2/c1-18-12(3-2-4-12)7-16-11(17)9-5-8(13)6-15-10(9)14/h5-6H,2-4,7H2,1H3,(H2,14,15)(H,16,17). The van der Waals surface area contributed by atoms with E-state index < -0.39 is 11.7 Å². The van der Waals surface area contributed by atoms with E-state index in [9.17, 15) is 9.18 Å². The van der Waals surface area contributed by atoms with E-state index in [2.05, 4.69) is 10.3 Å². The molecule has 0 radical (unpaired) electrons. The molecule has 0 bridgehead atoms. The molecule has 0 aromatic carbocycles. The van der Waals surface area contributed by atoms with Crippen LogP contribution in [0.5, 0.6) is 0 Å². The zero-order valence-electron chi connectivity index (χ0n) is 10.2. The second-order valence-corrected chi connectivity index (χ2v) is 4.51. The first-order valence-corrected chi connectivity index (χ1v) is 5.81. The number of anilines is 1. The van der Waals surface area contributed by atoms with Crippen LogP contribution in [0.4, 0.5) is 10.2 Å². The molecule has 0 saturated heterocycles. The second-order valence-electron chi connectivity index (χ2n) is 4.51. The molecule has 1 aromatic rings. The SMILES string of the molecule is COC1(CNC(=O)c2cc(F)cnc2N)CCC1. The first-order valence-electron chi connectivity index (χ1n) is 5.81. The van der Waals surface area contributed by atoms with Gasteiger partial charge in [0.05, 0.1) is 17.4 Å². The highest BCUT2D eigenvalue weighted by atomic mass is 19.1. The molecular weight excluding hydrogens is 237 g/mol. The normalized spacial score (nSPS) is 17.0. The van der Waals surface area contributed by atoms with Crippen LogP contribution in [-0.4, -0.2) is 30.1 Å². The zero-order valence-corrected chi connectivity index (χ0v) is 10.2. The maximum absolute atomic E-state index is 13.0. The van der Waals surface area contributed by atoms with Crippen molar-refractivity contribution in [3.8, 4) is 0 Å². The first kappa shape index (κ1) is 12.8. The van der Waals surface area contributed by atoms with Crippen molar-refractivity contribution in [3.63, 3.8) is 0 Å². The molecule has 0 unspecified atom stereocenters. The third-order valence-corrected chi connectivity index (χ3v) is 3.40. The van der Waals surface area contributed by atoms with Crippen molar-refractivity contribution in [2.45, 2.75) is 24.9 Å². The summed E-state index contributed by atoms with van der Waals surface area (Å²) in [5.41, 5.74) is 5.32. The zero-order chi connectivity index (χ0) is 13.2. The molecule has 0 atom stereocenters. The number of hydrogen-bond donors (Lipinski definition) is 2. The number of nitrogens with two attached hydrogens (primary N) is 1. The Bertz CT molecular complexity index is 455. The minimum Gasteiger partial charge on any atom is -0.383 e. The summed E-state index contributed by atoms with van der Waals surface area (Å²) in [6, 6.07) is 1.08. The Kier molecular flexibility index (Phi) is 3.47. The molecule has 1 heterocycles. The van der Waals surface area contributed by atoms with Gasteiger partial charge in [0.25, 0.3) is 5.91 Å². The van der Waals surface area contributed by atoms with E-state index in [1.165, 1.54) is 0 Å². The summed E-state index contributed by atoms with van der Waals surface area (Å²) >= 11 is 0. The lowest BCUT2D eigenvalue weighted by molar-refractivity contribution is -0.0679. The van der Waals surface area contributed by atoms with Gasteiger partial charge in [-0.1, -0.05) is 0 Å². The molecule has 0 spiro atoms. The van der Waals surface area contributed by atoms with Gasteiger partial charge in [-0.2, -0.15) is 0 Å². The third-order valence-electron chi connectivity index (χ3n) is 3.40. The number of amides is 1. The quantitative estimate of drug-likeness (QED) is 0.842. The van der Waals surface area contributed by atoms with Gasteiger partial charge in [-0.15, -0.1) is 0 Å². The molecule has 18 heavy (non-hydrogen) atoms. The fraction of sp³-hybridized carbons (Fsp3) is 0.500. The lowest BCUT2D eigenvalue weighted by Gasteiger charge is -2.40. The summed E-state index contributed by atoms with van der Waals surface area (Å²) in [4.78, 5) is 15.5. The predicted octanol–water partition coefficient (Wildman–Crippen LogP) is 1.10. The van der Waals surface area contributed by atoms with Crippen molar-refractivity contribution in [3.05, 3.63) is 23.6 Å². The van der Waals surface area contributed by atoms with Gasteiger partial charge in [-0.05, 0) is 25.3 Å². The highest BCUT2D eigenvalue weighted by Crippen LogP contribution is 2.34. The third kappa shape index (κ3) is 2.43. The van der Waals surface area contributed by atoms with Gasteiger partial charge < -0.3 is 15.8 Å². The molecule has 6 heteroatoms. The van der Waals surface area contributed by atoms with Gasteiger partial charge in [0.2, 0.25) is 0 Å². The summed E-state index contributed by atoms with van der Waals surface area (Å²) in [7, 11) is 1.63. The van der Waals surface area contributed by atoms with Crippen molar-refractivity contribution >= 4 is 11.7 Å². The van der Waals surface area contributed by atoms with E-state index in [4.69, 9.17) is 10.5 Å². The Labute approximate surface area is 105 Å². The summed E-state index contributed by atoms with van der Waals surface area (Å²) < 4.78 is 18.4. The molecule has 1 aliphatic rings. The van der Waals surface area contributed by atoms with Crippen LogP contribution in [0.3, 0.4) is 0 Å². The Morgan fingerprint density at radius 3 is 2.94 bits per heavy atom. The van der Waals surface area contributed by atoms with Crippen LogP contribution in [0.2, 0.25) is 0 Å². The lowest BCUT2D eigenvalue weighted by atomic mass is 9.80. The Balaban J connectivity index is 2.01.